The fourth-order valence-corrected chi connectivity index (χ4v) is 1.67. The molecule has 1 aromatic heterocycles. The van der Waals surface area contributed by atoms with Crippen molar-refractivity contribution < 1.29 is 4.74 Å². The number of aromatic amines is 1. The van der Waals surface area contributed by atoms with Crippen LogP contribution in [0.15, 0.2) is 23.0 Å². The third kappa shape index (κ3) is 2.58. The minimum Gasteiger partial charge on any atom is -0.494 e. The van der Waals surface area contributed by atoms with Crippen molar-refractivity contribution in [3.8, 4) is 5.75 Å². The molecule has 0 saturated carbocycles. The van der Waals surface area contributed by atoms with Crippen molar-refractivity contribution in [1.29, 1.82) is 0 Å². The van der Waals surface area contributed by atoms with Gasteiger partial charge in [0, 0.05) is 23.2 Å². The predicted molar refractivity (Wildman–Crippen MR) is 71.6 cm³/mol. The Bertz CT molecular complexity index is 573. The monoisotopic (exact) mass is 234 g/mol. The van der Waals surface area contributed by atoms with Crippen molar-refractivity contribution in [2.45, 2.75) is 20.8 Å². The molecule has 0 atom stereocenters. The van der Waals surface area contributed by atoms with Gasteiger partial charge in [0.05, 0.1) is 12.6 Å². The van der Waals surface area contributed by atoms with Crippen LogP contribution in [0.25, 0.3) is 10.9 Å². The van der Waals surface area contributed by atoms with E-state index in [-0.39, 0.29) is 5.56 Å². The second-order valence-corrected chi connectivity index (χ2v) is 3.46. The van der Waals surface area contributed by atoms with Gasteiger partial charge >= 0.3 is 0 Å². The zero-order chi connectivity index (χ0) is 13.0. The molecule has 0 unspecified atom stereocenters. The van der Waals surface area contributed by atoms with E-state index in [9.17, 15) is 4.79 Å². The van der Waals surface area contributed by atoms with E-state index < -0.39 is 0 Å². The Morgan fingerprint density at radius 2 is 1.88 bits per heavy atom. The topological polar surface area (TPSA) is 68.1 Å². The molecule has 4 heteroatoms. The van der Waals surface area contributed by atoms with E-state index >= 15 is 0 Å². The first-order valence-corrected chi connectivity index (χ1v) is 5.59. The maximum absolute atomic E-state index is 11.3. The summed E-state index contributed by atoms with van der Waals surface area (Å²) in [6.07, 6.45) is 0. The molecule has 92 valence electrons. The third-order valence-corrected chi connectivity index (χ3v) is 2.37. The number of hydrogen-bond acceptors (Lipinski definition) is 3. The average molecular weight is 234 g/mol. The molecule has 4 nitrogen and oxygen atoms in total. The van der Waals surface area contributed by atoms with Crippen LogP contribution < -0.4 is 16.0 Å². The van der Waals surface area contributed by atoms with Crippen LogP contribution in [0, 0.1) is 6.92 Å². The number of pyridine rings is 1. The molecular weight excluding hydrogens is 216 g/mol. The van der Waals surface area contributed by atoms with Gasteiger partial charge in [-0.3, -0.25) is 4.79 Å². The molecule has 2 aromatic rings. The average Bonchev–Trinajstić information content (AvgIpc) is 2.32. The van der Waals surface area contributed by atoms with Gasteiger partial charge in [-0.1, -0.05) is 13.8 Å². The van der Waals surface area contributed by atoms with Crippen LogP contribution in [0.2, 0.25) is 0 Å². The maximum Gasteiger partial charge on any atom is 0.248 e. The van der Waals surface area contributed by atoms with E-state index in [2.05, 4.69) is 4.98 Å². The van der Waals surface area contributed by atoms with Gasteiger partial charge in [0.1, 0.15) is 5.75 Å². The number of rotatable bonds is 1. The number of anilines is 1. The number of hydrogen-bond donors (Lipinski definition) is 2. The van der Waals surface area contributed by atoms with Crippen LogP contribution in [0.1, 0.15) is 19.4 Å². The first kappa shape index (κ1) is 13.1. The lowest BCUT2D eigenvalue weighted by molar-refractivity contribution is 0.419. The van der Waals surface area contributed by atoms with Crippen LogP contribution in [0.5, 0.6) is 5.75 Å². The van der Waals surface area contributed by atoms with Crippen molar-refractivity contribution in [1.82, 2.24) is 4.98 Å². The molecule has 0 amide bonds. The van der Waals surface area contributed by atoms with E-state index in [0.29, 0.717) is 17.0 Å². The highest BCUT2D eigenvalue weighted by molar-refractivity contribution is 5.90. The number of aromatic nitrogens is 1. The largest absolute Gasteiger partial charge is 0.494 e. The molecule has 0 saturated heterocycles. The quantitative estimate of drug-likeness (QED) is 0.745. The Morgan fingerprint density at radius 1 is 1.24 bits per heavy atom. The van der Waals surface area contributed by atoms with Gasteiger partial charge < -0.3 is 15.5 Å². The summed E-state index contributed by atoms with van der Waals surface area (Å²) in [5.74, 6) is 0.589. The Hall–Kier alpha value is -1.97. The fraction of sp³-hybridized carbons (Fsp3) is 0.308. The smallest absolute Gasteiger partial charge is 0.248 e. The summed E-state index contributed by atoms with van der Waals surface area (Å²) in [5, 5.41) is 0.909. The van der Waals surface area contributed by atoms with Crippen molar-refractivity contribution >= 4 is 16.6 Å². The summed E-state index contributed by atoms with van der Waals surface area (Å²) in [5.41, 5.74) is 7.80. The third-order valence-electron chi connectivity index (χ3n) is 2.37. The van der Waals surface area contributed by atoms with Gasteiger partial charge in [0.2, 0.25) is 5.56 Å². The molecule has 0 bridgehead atoms. The van der Waals surface area contributed by atoms with Crippen molar-refractivity contribution in [2.75, 3.05) is 12.8 Å². The molecule has 0 aliphatic rings. The lowest BCUT2D eigenvalue weighted by atomic mass is 10.1. The Labute approximate surface area is 100 Å². The summed E-state index contributed by atoms with van der Waals surface area (Å²) in [6, 6.07) is 5.06. The van der Waals surface area contributed by atoms with Crippen molar-refractivity contribution in [2.24, 2.45) is 0 Å². The molecule has 0 radical (unpaired) electrons. The molecule has 0 spiro atoms. The standard InChI is InChI=1S/C11H12N2O2.C2H6/c1-6-3-10(14)13-11-8(6)4-7(12)5-9(11)15-2;1-2/h3-5H,12H2,1-2H3,(H,13,14);1-2H3. The Morgan fingerprint density at radius 3 is 2.47 bits per heavy atom. The number of H-pyrrole nitrogens is 1. The molecule has 0 fully saturated rings. The summed E-state index contributed by atoms with van der Waals surface area (Å²) >= 11 is 0. The molecular formula is C13H18N2O2. The molecule has 0 aliphatic heterocycles. The van der Waals surface area contributed by atoms with Crippen LogP contribution >= 0.6 is 0 Å². The summed E-state index contributed by atoms with van der Waals surface area (Å²) in [7, 11) is 1.55. The van der Waals surface area contributed by atoms with E-state index in [1.807, 2.05) is 26.8 Å². The summed E-state index contributed by atoms with van der Waals surface area (Å²) < 4.78 is 5.17. The van der Waals surface area contributed by atoms with E-state index in [1.54, 1.807) is 19.2 Å². The second kappa shape index (κ2) is 5.39. The number of nitrogens with two attached hydrogens (primary N) is 1. The normalized spacial score (nSPS) is 9.65. The number of nitrogen functional groups attached to an aromatic ring is 1. The number of ether oxygens (including phenoxy) is 1. The van der Waals surface area contributed by atoms with Crippen molar-refractivity contribution in [3.05, 3.63) is 34.1 Å². The second-order valence-electron chi connectivity index (χ2n) is 3.46. The fourth-order valence-electron chi connectivity index (χ4n) is 1.67. The highest BCUT2D eigenvalue weighted by Crippen LogP contribution is 2.27. The maximum atomic E-state index is 11.3. The summed E-state index contributed by atoms with van der Waals surface area (Å²) in [6.45, 7) is 5.87. The number of fused-ring (bicyclic) bond motifs is 1. The molecule has 3 N–H and O–H groups in total. The lowest BCUT2D eigenvalue weighted by Crippen LogP contribution is -2.06. The summed E-state index contributed by atoms with van der Waals surface area (Å²) in [4.78, 5) is 14.1. The van der Waals surface area contributed by atoms with Crippen molar-refractivity contribution in [3.63, 3.8) is 0 Å². The zero-order valence-electron chi connectivity index (χ0n) is 10.6. The van der Waals surface area contributed by atoms with E-state index in [1.165, 1.54) is 0 Å². The Balaban J connectivity index is 0.000000686. The van der Waals surface area contributed by atoms with Gasteiger partial charge in [0.15, 0.2) is 0 Å². The van der Waals surface area contributed by atoms with Gasteiger partial charge in [-0.05, 0) is 18.6 Å². The molecule has 2 rings (SSSR count). The van der Waals surface area contributed by atoms with Gasteiger partial charge in [0.25, 0.3) is 0 Å². The highest BCUT2D eigenvalue weighted by atomic mass is 16.5. The van der Waals surface area contributed by atoms with Gasteiger partial charge in [-0.25, -0.2) is 0 Å². The Kier molecular flexibility index (Phi) is 4.15. The van der Waals surface area contributed by atoms with E-state index in [4.69, 9.17) is 10.5 Å². The SMILES string of the molecule is CC.COc1cc(N)cc2c(C)cc(=O)[nH]c12. The van der Waals surface area contributed by atoms with Gasteiger partial charge in [-0.2, -0.15) is 0 Å². The van der Waals surface area contributed by atoms with Crippen LogP contribution in [-0.4, -0.2) is 12.1 Å². The van der Waals surface area contributed by atoms with Crippen LogP contribution in [-0.2, 0) is 0 Å². The highest BCUT2D eigenvalue weighted by Gasteiger charge is 2.06. The number of methoxy groups -OCH3 is 1. The number of aryl methyl sites for hydroxylation is 1. The zero-order valence-corrected chi connectivity index (χ0v) is 10.6. The molecule has 1 aromatic carbocycles. The van der Waals surface area contributed by atoms with Crippen LogP contribution in [0.4, 0.5) is 5.69 Å². The number of benzene rings is 1. The first-order chi connectivity index (χ1) is 8.11. The molecule has 1 heterocycles. The minimum absolute atomic E-state index is 0.136. The first-order valence-electron chi connectivity index (χ1n) is 5.59. The number of nitrogens with one attached hydrogen (secondary N) is 1. The molecule has 0 aliphatic carbocycles. The van der Waals surface area contributed by atoms with Gasteiger partial charge in [-0.15, -0.1) is 0 Å². The molecule has 17 heavy (non-hydrogen) atoms. The lowest BCUT2D eigenvalue weighted by Gasteiger charge is -2.08. The predicted octanol–water partition coefficient (Wildman–Crippen LogP) is 2.45. The minimum atomic E-state index is -0.136. The van der Waals surface area contributed by atoms with Crippen LogP contribution in [0.3, 0.4) is 0 Å². The van der Waals surface area contributed by atoms with E-state index in [0.717, 1.165) is 10.9 Å².